The Hall–Kier alpha value is -3.88. The number of halogens is 6. The number of hydrogen-bond donors (Lipinski definition) is 0. The van der Waals surface area contributed by atoms with Gasteiger partial charge in [0.2, 0.25) is 0 Å². The van der Waals surface area contributed by atoms with Crippen LogP contribution in [0, 0.1) is 0 Å². The minimum atomic E-state index is -4.54. The molecule has 0 radical (unpaired) electrons. The third kappa shape index (κ3) is 4.46. The molecule has 3 aromatic carbocycles. The van der Waals surface area contributed by atoms with Crippen molar-refractivity contribution in [3.8, 4) is 16.9 Å². The van der Waals surface area contributed by atoms with E-state index in [-0.39, 0.29) is 22.4 Å². The number of alkyl halides is 6. The molecule has 1 aliphatic carbocycles. The maximum atomic E-state index is 13.1. The predicted octanol–water partition coefficient (Wildman–Crippen LogP) is 7.05. The minimum Gasteiger partial charge on any atom is -0.427 e. The van der Waals surface area contributed by atoms with Gasteiger partial charge in [0, 0.05) is 18.1 Å². The van der Waals surface area contributed by atoms with E-state index in [0.717, 1.165) is 31.2 Å². The number of rotatable bonds is 3. The summed E-state index contributed by atoms with van der Waals surface area (Å²) in [7, 11) is 0. The van der Waals surface area contributed by atoms with Gasteiger partial charge < -0.3 is 4.74 Å². The number of carbonyl (C=O) groups is 2. The zero-order valence-corrected chi connectivity index (χ0v) is 17.3. The van der Waals surface area contributed by atoms with Gasteiger partial charge in [-0.05, 0) is 64.7 Å². The number of ketones is 1. The summed E-state index contributed by atoms with van der Waals surface area (Å²) in [5, 5.41) is 0. The molecular weight excluding hydrogens is 462 g/mol. The second kappa shape index (κ2) is 8.16. The van der Waals surface area contributed by atoms with Gasteiger partial charge in [0.15, 0.2) is 5.78 Å². The van der Waals surface area contributed by atoms with Crippen molar-refractivity contribution in [2.45, 2.75) is 19.3 Å². The number of Topliss-reactive ketones (excluding diaryl/α,β-unsaturated/α-hetero) is 1. The van der Waals surface area contributed by atoms with Gasteiger partial charge in [-0.1, -0.05) is 24.3 Å². The highest BCUT2D eigenvalue weighted by Gasteiger charge is 2.32. The van der Waals surface area contributed by atoms with Crippen LogP contribution in [0.25, 0.3) is 22.8 Å². The number of esters is 1. The van der Waals surface area contributed by atoms with Crippen LogP contribution in [0.5, 0.6) is 5.75 Å². The highest BCUT2D eigenvalue weighted by molar-refractivity contribution is 6.38. The lowest BCUT2D eigenvalue weighted by Crippen LogP contribution is -2.06. The average molecular weight is 476 g/mol. The summed E-state index contributed by atoms with van der Waals surface area (Å²) >= 11 is 0. The fraction of sp³-hybridized carbons (Fsp3) is 0.120. The Kier molecular flexibility index (Phi) is 5.59. The molecule has 34 heavy (non-hydrogen) atoms. The third-order valence-electron chi connectivity index (χ3n) is 5.24. The summed E-state index contributed by atoms with van der Waals surface area (Å²) < 4.78 is 82.6. The van der Waals surface area contributed by atoms with Crippen molar-refractivity contribution in [2.75, 3.05) is 0 Å². The smallest absolute Gasteiger partial charge is 0.416 e. The quantitative estimate of drug-likeness (QED) is 0.231. The van der Waals surface area contributed by atoms with Gasteiger partial charge in [-0.3, -0.25) is 9.59 Å². The van der Waals surface area contributed by atoms with Crippen molar-refractivity contribution >= 4 is 23.4 Å². The number of ether oxygens (including phenoxy) is 1. The summed E-state index contributed by atoms with van der Waals surface area (Å²) in [6.45, 7) is 1.15. The Labute approximate surface area is 189 Å². The van der Waals surface area contributed by atoms with Crippen LogP contribution >= 0.6 is 0 Å². The van der Waals surface area contributed by atoms with E-state index in [1.54, 1.807) is 0 Å². The molecule has 0 aliphatic heterocycles. The molecule has 3 aromatic rings. The maximum Gasteiger partial charge on any atom is 0.416 e. The molecule has 0 heterocycles. The first-order valence-corrected chi connectivity index (χ1v) is 9.83. The van der Waals surface area contributed by atoms with Crippen molar-refractivity contribution < 1.29 is 40.7 Å². The highest BCUT2D eigenvalue weighted by Crippen LogP contribution is 2.41. The van der Waals surface area contributed by atoms with Crippen LogP contribution < -0.4 is 4.74 Å². The van der Waals surface area contributed by atoms with Gasteiger partial charge in [0.1, 0.15) is 5.75 Å². The normalized spacial score (nSPS) is 13.5. The molecule has 3 nitrogen and oxygen atoms in total. The van der Waals surface area contributed by atoms with Crippen LogP contribution in [0.3, 0.4) is 0 Å². The molecule has 0 saturated carbocycles. The minimum absolute atomic E-state index is 0.0107. The Morgan fingerprint density at radius 1 is 0.735 bits per heavy atom. The van der Waals surface area contributed by atoms with E-state index in [0.29, 0.717) is 16.7 Å². The topological polar surface area (TPSA) is 43.4 Å². The summed E-state index contributed by atoms with van der Waals surface area (Å²) in [5.41, 5.74) is -0.255. The summed E-state index contributed by atoms with van der Waals surface area (Å²) in [4.78, 5) is 24.6. The van der Waals surface area contributed by atoms with Gasteiger partial charge in [0.25, 0.3) is 0 Å². The average Bonchev–Trinajstić information content (AvgIpc) is 3.08. The molecule has 0 spiro atoms. The van der Waals surface area contributed by atoms with E-state index in [4.69, 9.17) is 4.74 Å². The predicted molar refractivity (Wildman–Crippen MR) is 112 cm³/mol. The van der Waals surface area contributed by atoms with Gasteiger partial charge >= 0.3 is 18.3 Å². The molecule has 0 bridgehead atoms. The molecule has 0 aromatic heterocycles. The molecule has 0 saturated heterocycles. The van der Waals surface area contributed by atoms with Crippen molar-refractivity contribution in [1.29, 1.82) is 0 Å². The van der Waals surface area contributed by atoms with E-state index in [1.807, 2.05) is 0 Å². The first-order valence-electron chi connectivity index (χ1n) is 9.83. The zero-order chi connectivity index (χ0) is 24.8. The van der Waals surface area contributed by atoms with Crippen LogP contribution in [0.15, 0.2) is 60.7 Å². The van der Waals surface area contributed by atoms with Crippen LogP contribution in [-0.2, 0) is 17.1 Å². The number of fused-ring (bicyclic) bond motifs is 1. The van der Waals surface area contributed by atoms with Gasteiger partial charge in [-0.2, -0.15) is 26.3 Å². The SMILES string of the molecule is CC(=O)Oc1cc2c(c(-c3ccc(C(F)(F)F)cc3)c1)C=C(c1ccc(C(F)(F)F)cc1)C2=O. The molecule has 1 aliphatic rings. The maximum absolute atomic E-state index is 13.1. The van der Waals surface area contributed by atoms with Gasteiger partial charge in [-0.15, -0.1) is 0 Å². The van der Waals surface area contributed by atoms with E-state index in [2.05, 4.69) is 0 Å². The van der Waals surface area contributed by atoms with Gasteiger partial charge in [-0.25, -0.2) is 0 Å². The van der Waals surface area contributed by atoms with E-state index in [1.165, 1.54) is 42.5 Å². The summed E-state index contributed by atoms with van der Waals surface area (Å²) in [6.07, 6.45) is -7.61. The van der Waals surface area contributed by atoms with Crippen molar-refractivity contribution in [3.63, 3.8) is 0 Å². The lowest BCUT2D eigenvalue weighted by molar-refractivity contribution is -0.138. The first-order chi connectivity index (χ1) is 15.8. The van der Waals surface area contributed by atoms with E-state index < -0.39 is 35.2 Å². The molecule has 0 unspecified atom stereocenters. The highest BCUT2D eigenvalue weighted by atomic mass is 19.4. The monoisotopic (exact) mass is 476 g/mol. The lowest BCUT2D eigenvalue weighted by atomic mass is 9.95. The zero-order valence-electron chi connectivity index (χ0n) is 17.3. The number of hydrogen-bond acceptors (Lipinski definition) is 3. The van der Waals surface area contributed by atoms with Crippen molar-refractivity contribution in [1.82, 2.24) is 0 Å². The molecule has 0 atom stereocenters. The lowest BCUT2D eigenvalue weighted by Gasteiger charge is -2.12. The van der Waals surface area contributed by atoms with Crippen LogP contribution in [-0.4, -0.2) is 11.8 Å². The van der Waals surface area contributed by atoms with Gasteiger partial charge in [0.05, 0.1) is 11.1 Å². The molecule has 4 rings (SSSR count). The molecule has 0 N–H and O–H groups in total. The summed E-state index contributed by atoms with van der Waals surface area (Å²) in [5.74, 6) is -1.17. The first kappa shape index (κ1) is 23.3. The summed E-state index contributed by atoms with van der Waals surface area (Å²) in [6, 6.07) is 11.0. The van der Waals surface area contributed by atoms with Crippen LogP contribution in [0.1, 0.15) is 39.5 Å². The second-order valence-electron chi connectivity index (χ2n) is 7.56. The number of allylic oxidation sites excluding steroid dienone is 1. The van der Waals surface area contributed by atoms with Crippen LogP contribution in [0.4, 0.5) is 26.3 Å². The van der Waals surface area contributed by atoms with Crippen molar-refractivity contribution in [3.05, 3.63) is 88.5 Å². The van der Waals surface area contributed by atoms with Crippen molar-refractivity contribution in [2.24, 2.45) is 0 Å². The largest absolute Gasteiger partial charge is 0.427 e. The standard InChI is InChI=1S/C25H14F6O3/c1-13(32)34-18-10-19(14-2-6-16(7-3-14)24(26,27)28)21-12-20(23(33)22(21)11-18)15-4-8-17(9-5-15)25(29,30)31/h2-12H,1H3. The molecule has 0 fully saturated rings. The molecule has 174 valence electrons. The molecular formula is C25H14F6O3. The molecule has 9 heteroatoms. The number of carbonyl (C=O) groups excluding carboxylic acids is 2. The number of benzene rings is 3. The van der Waals surface area contributed by atoms with E-state index >= 15 is 0 Å². The fourth-order valence-corrected chi connectivity index (χ4v) is 3.68. The fourth-order valence-electron chi connectivity index (χ4n) is 3.68. The third-order valence-corrected chi connectivity index (χ3v) is 5.24. The Morgan fingerprint density at radius 2 is 1.21 bits per heavy atom. The molecule has 0 amide bonds. The Balaban J connectivity index is 1.82. The second-order valence-corrected chi connectivity index (χ2v) is 7.56. The Bertz CT molecular complexity index is 1310. The van der Waals surface area contributed by atoms with Crippen LogP contribution in [0.2, 0.25) is 0 Å². The van der Waals surface area contributed by atoms with E-state index in [9.17, 15) is 35.9 Å². The Morgan fingerprint density at radius 3 is 1.68 bits per heavy atom.